The lowest BCUT2D eigenvalue weighted by molar-refractivity contribution is 0.115. The minimum atomic E-state index is -0.380. The molecule has 0 bridgehead atoms. The summed E-state index contributed by atoms with van der Waals surface area (Å²) in [5, 5.41) is 11.8. The Labute approximate surface area is 81.5 Å². The molecule has 1 aliphatic rings. The molecule has 1 heterocycles. The van der Waals surface area contributed by atoms with E-state index in [0.29, 0.717) is 6.61 Å². The van der Waals surface area contributed by atoms with Gasteiger partial charge in [-0.3, -0.25) is 0 Å². The van der Waals surface area contributed by atoms with Gasteiger partial charge in [-0.2, -0.15) is 0 Å². The molecule has 1 saturated heterocycles. The van der Waals surface area contributed by atoms with Crippen LogP contribution >= 0.6 is 0 Å². The molecular weight excluding hydrogens is 182 g/mol. The summed E-state index contributed by atoms with van der Waals surface area (Å²) < 4.78 is 4.75. The summed E-state index contributed by atoms with van der Waals surface area (Å²) in [6, 6.07) is 6.81. The van der Waals surface area contributed by atoms with Gasteiger partial charge in [0, 0.05) is 6.42 Å². The SMILES string of the molecule is O=C1NC(c2ccc(O)cc2)CCO1. The highest BCUT2D eigenvalue weighted by Gasteiger charge is 2.20. The van der Waals surface area contributed by atoms with Crippen LogP contribution in [0.5, 0.6) is 5.75 Å². The number of cyclic esters (lactones) is 1. The minimum Gasteiger partial charge on any atom is -0.508 e. The predicted molar refractivity (Wildman–Crippen MR) is 49.9 cm³/mol. The standard InChI is InChI=1S/C10H11NO3/c12-8-3-1-7(2-4-8)9-5-6-14-10(13)11-9/h1-4,9,12H,5-6H2,(H,11,13). The van der Waals surface area contributed by atoms with Crippen LogP contribution in [0.15, 0.2) is 24.3 Å². The second-order valence-electron chi connectivity index (χ2n) is 3.21. The van der Waals surface area contributed by atoms with E-state index in [1.54, 1.807) is 24.3 Å². The molecule has 1 aliphatic heterocycles. The van der Waals surface area contributed by atoms with Crippen LogP contribution < -0.4 is 5.32 Å². The lowest BCUT2D eigenvalue weighted by atomic mass is 10.0. The molecular formula is C10H11NO3. The Kier molecular flexibility index (Phi) is 2.26. The maximum atomic E-state index is 10.9. The van der Waals surface area contributed by atoms with Crippen molar-refractivity contribution in [3.8, 4) is 5.75 Å². The van der Waals surface area contributed by atoms with E-state index in [0.717, 1.165) is 12.0 Å². The van der Waals surface area contributed by atoms with E-state index in [1.165, 1.54) is 0 Å². The number of phenolic OH excluding ortho intramolecular Hbond substituents is 1. The quantitative estimate of drug-likeness (QED) is 0.711. The van der Waals surface area contributed by atoms with Crippen LogP contribution in [0.2, 0.25) is 0 Å². The number of hydrogen-bond donors (Lipinski definition) is 2. The second-order valence-corrected chi connectivity index (χ2v) is 3.21. The van der Waals surface area contributed by atoms with Crippen molar-refractivity contribution in [1.82, 2.24) is 5.32 Å². The van der Waals surface area contributed by atoms with Crippen LogP contribution in [0.4, 0.5) is 4.79 Å². The van der Waals surface area contributed by atoms with Crippen LogP contribution in [0, 0.1) is 0 Å². The number of rotatable bonds is 1. The first-order chi connectivity index (χ1) is 6.75. The fourth-order valence-electron chi connectivity index (χ4n) is 1.48. The van der Waals surface area contributed by atoms with Crippen LogP contribution in [0.3, 0.4) is 0 Å². The van der Waals surface area contributed by atoms with Crippen molar-refractivity contribution in [2.45, 2.75) is 12.5 Å². The molecule has 0 spiro atoms. The first kappa shape index (κ1) is 8.87. The molecule has 2 rings (SSSR count). The maximum Gasteiger partial charge on any atom is 0.407 e. The number of hydrogen-bond acceptors (Lipinski definition) is 3. The lowest BCUT2D eigenvalue weighted by Gasteiger charge is -2.23. The summed E-state index contributed by atoms with van der Waals surface area (Å²) in [5.41, 5.74) is 0.986. The lowest BCUT2D eigenvalue weighted by Crippen LogP contribution is -2.35. The van der Waals surface area contributed by atoms with E-state index in [2.05, 4.69) is 5.32 Å². The number of ether oxygens (including phenoxy) is 1. The molecule has 4 heteroatoms. The highest BCUT2D eigenvalue weighted by atomic mass is 16.5. The first-order valence-corrected chi connectivity index (χ1v) is 4.48. The van der Waals surface area contributed by atoms with Gasteiger partial charge in [0.05, 0.1) is 12.6 Å². The predicted octanol–water partition coefficient (Wildman–Crippen LogP) is 1.56. The number of carbonyl (C=O) groups is 1. The zero-order valence-corrected chi connectivity index (χ0v) is 7.56. The fourth-order valence-corrected chi connectivity index (χ4v) is 1.48. The number of phenols is 1. The van der Waals surface area contributed by atoms with Gasteiger partial charge in [-0.05, 0) is 17.7 Å². The van der Waals surface area contributed by atoms with Crippen molar-refractivity contribution >= 4 is 6.09 Å². The normalized spacial score (nSPS) is 21.1. The molecule has 0 saturated carbocycles. The van der Waals surface area contributed by atoms with Crippen LogP contribution in [-0.4, -0.2) is 17.8 Å². The Hall–Kier alpha value is -1.71. The third-order valence-electron chi connectivity index (χ3n) is 2.23. The third-order valence-corrected chi connectivity index (χ3v) is 2.23. The summed E-state index contributed by atoms with van der Waals surface area (Å²) in [7, 11) is 0. The fraction of sp³-hybridized carbons (Fsp3) is 0.300. The van der Waals surface area contributed by atoms with Gasteiger partial charge in [-0.1, -0.05) is 12.1 Å². The van der Waals surface area contributed by atoms with Gasteiger partial charge in [-0.25, -0.2) is 4.79 Å². The monoisotopic (exact) mass is 193 g/mol. The van der Waals surface area contributed by atoms with Gasteiger partial charge in [0.2, 0.25) is 0 Å². The number of amides is 1. The van der Waals surface area contributed by atoms with Crippen molar-refractivity contribution in [2.75, 3.05) is 6.61 Å². The Balaban J connectivity index is 2.14. The summed E-state index contributed by atoms with van der Waals surface area (Å²) in [5.74, 6) is 0.229. The molecule has 1 amide bonds. The van der Waals surface area contributed by atoms with E-state index in [4.69, 9.17) is 9.84 Å². The van der Waals surface area contributed by atoms with Gasteiger partial charge in [0.1, 0.15) is 5.75 Å². The summed E-state index contributed by atoms with van der Waals surface area (Å²) >= 11 is 0. The Morgan fingerprint density at radius 2 is 2.07 bits per heavy atom. The molecule has 4 nitrogen and oxygen atoms in total. The number of alkyl carbamates (subject to hydrolysis) is 1. The van der Waals surface area contributed by atoms with E-state index in [9.17, 15) is 4.79 Å². The Bertz CT molecular complexity index is 334. The minimum absolute atomic E-state index is 0.00292. The smallest absolute Gasteiger partial charge is 0.407 e. The van der Waals surface area contributed by atoms with E-state index in [1.807, 2.05) is 0 Å². The number of carbonyl (C=O) groups excluding carboxylic acids is 1. The highest BCUT2D eigenvalue weighted by molar-refractivity contribution is 5.68. The Morgan fingerprint density at radius 1 is 1.36 bits per heavy atom. The average Bonchev–Trinajstić information content (AvgIpc) is 2.19. The van der Waals surface area contributed by atoms with E-state index in [-0.39, 0.29) is 17.9 Å². The largest absolute Gasteiger partial charge is 0.508 e. The van der Waals surface area contributed by atoms with Crippen LogP contribution in [0.1, 0.15) is 18.0 Å². The van der Waals surface area contributed by atoms with Crippen LogP contribution in [-0.2, 0) is 4.74 Å². The number of aromatic hydroxyl groups is 1. The van der Waals surface area contributed by atoms with Gasteiger partial charge >= 0.3 is 6.09 Å². The van der Waals surface area contributed by atoms with Crippen molar-refractivity contribution in [3.63, 3.8) is 0 Å². The maximum absolute atomic E-state index is 10.9. The van der Waals surface area contributed by atoms with Crippen molar-refractivity contribution in [3.05, 3.63) is 29.8 Å². The molecule has 1 aromatic rings. The summed E-state index contributed by atoms with van der Waals surface area (Å²) in [4.78, 5) is 10.9. The molecule has 74 valence electrons. The molecule has 2 N–H and O–H groups in total. The van der Waals surface area contributed by atoms with Crippen molar-refractivity contribution in [2.24, 2.45) is 0 Å². The van der Waals surface area contributed by atoms with Gasteiger partial charge in [0.25, 0.3) is 0 Å². The van der Waals surface area contributed by atoms with Gasteiger partial charge in [-0.15, -0.1) is 0 Å². The Morgan fingerprint density at radius 3 is 2.71 bits per heavy atom. The molecule has 1 atom stereocenters. The highest BCUT2D eigenvalue weighted by Crippen LogP contribution is 2.21. The molecule has 0 aliphatic carbocycles. The molecule has 0 aromatic heterocycles. The molecule has 1 unspecified atom stereocenters. The zero-order chi connectivity index (χ0) is 9.97. The molecule has 1 aromatic carbocycles. The number of nitrogens with one attached hydrogen (secondary N) is 1. The van der Waals surface area contributed by atoms with Crippen molar-refractivity contribution in [1.29, 1.82) is 0 Å². The summed E-state index contributed by atoms with van der Waals surface area (Å²) in [6.07, 6.45) is 0.380. The topological polar surface area (TPSA) is 58.6 Å². The molecule has 0 radical (unpaired) electrons. The van der Waals surface area contributed by atoms with Crippen LogP contribution in [0.25, 0.3) is 0 Å². The van der Waals surface area contributed by atoms with Crippen molar-refractivity contribution < 1.29 is 14.6 Å². The second kappa shape index (κ2) is 3.57. The zero-order valence-electron chi connectivity index (χ0n) is 7.56. The van der Waals surface area contributed by atoms with Gasteiger partial charge in [0.15, 0.2) is 0 Å². The third kappa shape index (κ3) is 1.79. The van der Waals surface area contributed by atoms with Gasteiger partial charge < -0.3 is 15.2 Å². The summed E-state index contributed by atoms with van der Waals surface area (Å²) in [6.45, 7) is 0.442. The molecule has 1 fully saturated rings. The average molecular weight is 193 g/mol. The van der Waals surface area contributed by atoms with E-state index >= 15 is 0 Å². The van der Waals surface area contributed by atoms with E-state index < -0.39 is 0 Å². The molecule has 14 heavy (non-hydrogen) atoms. The number of benzene rings is 1. The first-order valence-electron chi connectivity index (χ1n) is 4.48.